The zero-order valence-electron chi connectivity index (χ0n) is 16.0. The Morgan fingerprint density at radius 2 is 1.85 bits per heavy atom. The number of hydrogen-bond acceptors (Lipinski definition) is 4. The van der Waals surface area contributed by atoms with Crippen molar-refractivity contribution in [3.8, 4) is 11.5 Å². The van der Waals surface area contributed by atoms with Crippen LogP contribution in [0, 0.1) is 5.92 Å². The highest BCUT2D eigenvalue weighted by atomic mass is 16.5. The second-order valence-electron chi connectivity index (χ2n) is 8.09. The first kappa shape index (κ1) is 16.7. The lowest BCUT2D eigenvalue weighted by atomic mass is 9.82. The van der Waals surface area contributed by atoms with Gasteiger partial charge in [0.25, 0.3) is 0 Å². The molecule has 0 bridgehead atoms. The molecule has 1 aliphatic carbocycles. The molecular formula is C23H26N2O2. The van der Waals surface area contributed by atoms with Gasteiger partial charge in [0.1, 0.15) is 0 Å². The topological polar surface area (TPSA) is 34.1 Å². The van der Waals surface area contributed by atoms with Crippen LogP contribution >= 0.6 is 0 Å². The molecule has 0 aromatic heterocycles. The van der Waals surface area contributed by atoms with Crippen molar-refractivity contribution in [3.63, 3.8) is 0 Å². The molecule has 0 radical (unpaired) electrons. The van der Waals surface area contributed by atoms with Gasteiger partial charge in [-0.15, -0.1) is 0 Å². The molecule has 2 aliphatic heterocycles. The highest BCUT2D eigenvalue weighted by molar-refractivity contribution is 6.02. The number of nitrogens with zero attached hydrogens (tertiary/aromatic N) is 2. The van der Waals surface area contributed by atoms with E-state index < -0.39 is 0 Å². The summed E-state index contributed by atoms with van der Waals surface area (Å²) in [6.45, 7) is 2.34. The molecule has 2 aromatic rings. The molecule has 5 rings (SSSR count). The van der Waals surface area contributed by atoms with E-state index in [4.69, 9.17) is 14.6 Å². The second-order valence-corrected chi connectivity index (χ2v) is 8.09. The van der Waals surface area contributed by atoms with E-state index in [0.29, 0.717) is 0 Å². The standard InChI is InChI=1S/C23H26N2O2/c1-16-11-13-23(14-12-16)25-20(15-19(24-25)17-7-4-3-5-8-17)18-9-6-10-21(26-2)22(18)27-23/h3-10,16,20H,11-15H2,1-2H3/t16?,20-,23?/m0/s1. The molecule has 1 atom stereocenters. The molecule has 1 saturated carbocycles. The number of rotatable bonds is 2. The van der Waals surface area contributed by atoms with E-state index in [0.717, 1.165) is 42.4 Å². The molecule has 1 spiro atoms. The van der Waals surface area contributed by atoms with Crippen LogP contribution in [-0.4, -0.2) is 23.6 Å². The molecule has 0 unspecified atom stereocenters. The van der Waals surface area contributed by atoms with Crippen molar-refractivity contribution in [3.05, 3.63) is 59.7 Å². The minimum absolute atomic E-state index is 0.215. The third-order valence-corrected chi connectivity index (χ3v) is 6.37. The van der Waals surface area contributed by atoms with Crippen LogP contribution in [0.4, 0.5) is 0 Å². The van der Waals surface area contributed by atoms with Gasteiger partial charge in [-0.1, -0.05) is 49.4 Å². The summed E-state index contributed by atoms with van der Waals surface area (Å²) in [6.07, 6.45) is 5.26. The largest absolute Gasteiger partial charge is 0.493 e. The van der Waals surface area contributed by atoms with E-state index >= 15 is 0 Å². The average molecular weight is 362 g/mol. The molecule has 27 heavy (non-hydrogen) atoms. The molecule has 1 fully saturated rings. The van der Waals surface area contributed by atoms with Crippen LogP contribution in [0.3, 0.4) is 0 Å². The Bertz CT molecular complexity index is 869. The highest BCUT2D eigenvalue weighted by Crippen LogP contribution is 2.54. The Balaban J connectivity index is 1.61. The first-order valence-corrected chi connectivity index (χ1v) is 9.98. The van der Waals surface area contributed by atoms with Gasteiger partial charge in [-0.05, 0) is 30.4 Å². The maximum Gasteiger partial charge on any atom is 0.198 e. The van der Waals surface area contributed by atoms with Crippen LogP contribution in [0.2, 0.25) is 0 Å². The molecule has 140 valence electrons. The van der Waals surface area contributed by atoms with Crippen LogP contribution in [0.5, 0.6) is 11.5 Å². The van der Waals surface area contributed by atoms with E-state index in [1.54, 1.807) is 7.11 Å². The third kappa shape index (κ3) is 2.61. The lowest BCUT2D eigenvalue weighted by Gasteiger charge is -2.50. The molecule has 2 heterocycles. The monoisotopic (exact) mass is 362 g/mol. The Hall–Kier alpha value is -2.49. The molecule has 2 aromatic carbocycles. The SMILES string of the molecule is COc1cccc2c1OC1(CCC(C)CC1)N1N=C(c3ccccc3)C[C@@H]21. The van der Waals surface area contributed by atoms with Gasteiger partial charge < -0.3 is 9.47 Å². The number of fused-ring (bicyclic) bond motifs is 4. The van der Waals surface area contributed by atoms with Crippen molar-refractivity contribution in [2.24, 2.45) is 11.0 Å². The predicted molar refractivity (Wildman–Crippen MR) is 106 cm³/mol. The second kappa shape index (κ2) is 6.29. The summed E-state index contributed by atoms with van der Waals surface area (Å²) in [7, 11) is 1.72. The number of benzene rings is 2. The molecule has 3 aliphatic rings. The minimum Gasteiger partial charge on any atom is -0.493 e. The fourth-order valence-electron chi connectivity index (χ4n) is 4.78. The Kier molecular flexibility index (Phi) is 3.88. The van der Waals surface area contributed by atoms with E-state index in [1.807, 2.05) is 6.07 Å². The van der Waals surface area contributed by atoms with Gasteiger partial charge in [-0.25, -0.2) is 5.01 Å². The highest BCUT2D eigenvalue weighted by Gasteiger charge is 2.52. The lowest BCUT2D eigenvalue weighted by Crippen LogP contribution is -2.55. The van der Waals surface area contributed by atoms with E-state index in [2.05, 4.69) is 54.4 Å². The first-order valence-electron chi connectivity index (χ1n) is 9.98. The van der Waals surface area contributed by atoms with Crippen molar-refractivity contribution in [1.82, 2.24) is 5.01 Å². The number of hydrazone groups is 1. The Morgan fingerprint density at radius 1 is 1.07 bits per heavy atom. The van der Waals surface area contributed by atoms with Gasteiger partial charge in [-0.2, -0.15) is 5.10 Å². The smallest absolute Gasteiger partial charge is 0.198 e. The maximum atomic E-state index is 6.72. The van der Waals surface area contributed by atoms with Gasteiger partial charge in [0.2, 0.25) is 0 Å². The minimum atomic E-state index is -0.352. The maximum absolute atomic E-state index is 6.72. The molecule has 4 heteroatoms. The predicted octanol–water partition coefficient (Wildman–Crippen LogP) is 5.15. The van der Waals surface area contributed by atoms with E-state index in [-0.39, 0.29) is 11.8 Å². The third-order valence-electron chi connectivity index (χ3n) is 6.37. The van der Waals surface area contributed by atoms with Crippen LogP contribution in [0.25, 0.3) is 0 Å². The first-order chi connectivity index (χ1) is 13.2. The fourth-order valence-corrected chi connectivity index (χ4v) is 4.78. The summed E-state index contributed by atoms with van der Waals surface area (Å²) in [5.74, 6) is 2.50. The molecule has 4 nitrogen and oxygen atoms in total. The van der Waals surface area contributed by atoms with Gasteiger partial charge in [0, 0.05) is 24.8 Å². The Labute approximate surface area is 160 Å². The van der Waals surface area contributed by atoms with E-state index in [9.17, 15) is 0 Å². The van der Waals surface area contributed by atoms with Crippen LogP contribution < -0.4 is 9.47 Å². The molecule has 0 saturated heterocycles. The Morgan fingerprint density at radius 3 is 2.59 bits per heavy atom. The zero-order chi connectivity index (χ0) is 18.4. The van der Waals surface area contributed by atoms with Crippen LogP contribution in [0.15, 0.2) is 53.6 Å². The quantitative estimate of drug-likeness (QED) is 0.741. The van der Waals surface area contributed by atoms with Crippen molar-refractivity contribution in [2.45, 2.75) is 50.8 Å². The number of hydrogen-bond donors (Lipinski definition) is 0. The summed E-state index contributed by atoms with van der Waals surface area (Å²) in [6, 6.07) is 17.0. The molecular weight excluding hydrogens is 336 g/mol. The summed E-state index contributed by atoms with van der Waals surface area (Å²) >= 11 is 0. The average Bonchev–Trinajstić information content (AvgIpc) is 3.17. The molecule has 0 amide bonds. The lowest BCUT2D eigenvalue weighted by molar-refractivity contribution is -0.146. The summed E-state index contributed by atoms with van der Waals surface area (Å²) in [4.78, 5) is 0. The number of para-hydroxylation sites is 1. The summed E-state index contributed by atoms with van der Waals surface area (Å²) in [5.41, 5.74) is 3.19. The molecule has 0 N–H and O–H groups in total. The normalized spacial score (nSPS) is 29.0. The van der Waals surface area contributed by atoms with E-state index in [1.165, 1.54) is 24.0 Å². The van der Waals surface area contributed by atoms with Crippen molar-refractivity contribution in [2.75, 3.05) is 7.11 Å². The van der Waals surface area contributed by atoms with Crippen molar-refractivity contribution >= 4 is 5.71 Å². The van der Waals surface area contributed by atoms with Crippen molar-refractivity contribution < 1.29 is 9.47 Å². The number of ether oxygens (including phenoxy) is 2. The summed E-state index contributed by atoms with van der Waals surface area (Å²) < 4.78 is 12.4. The van der Waals surface area contributed by atoms with Gasteiger partial charge in [0.05, 0.1) is 18.9 Å². The number of methoxy groups -OCH3 is 1. The van der Waals surface area contributed by atoms with Crippen LogP contribution in [0.1, 0.15) is 56.2 Å². The van der Waals surface area contributed by atoms with Crippen molar-refractivity contribution in [1.29, 1.82) is 0 Å². The fraction of sp³-hybridized carbons (Fsp3) is 0.435. The van der Waals surface area contributed by atoms with Crippen LogP contribution in [-0.2, 0) is 0 Å². The van der Waals surface area contributed by atoms with Gasteiger partial charge in [0.15, 0.2) is 17.2 Å². The zero-order valence-corrected chi connectivity index (χ0v) is 16.0. The summed E-state index contributed by atoms with van der Waals surface area (Å²) in [5, 5.41) is 7.40. The van der Waals surface area contributed by atoms with Gasteiger partial charge >= 0.3 is 0 Å². The van der Waals surface area contributed by atoms with Gasteiger partial charge in [-0.3, -0.25) is 0 Å².